The molecular formula is C7H8N4O3S. The van der Waals surface area contributed by atoms with Gasteiger partial charge in [0, 0.05) is 7.11 Å². The summed E-state index contributed by atoms with van der Waals surface area (Å²) in [6, 6.07) is 0. The number of methoxy groups -OCH3 is 1. The number of nitrogens with zero attached hydrogens (tertiary/aromatic N) is 4. The molecule has 80 valence electrons. The van der Waals surface area contributed by atoms with E-state index in [1.54, 1.807) is 0 Å². The molecule has 2 aromatic heterocycles. The molecule has 0 aliphatic carbocycles. The Morgan fingerprint density at radius 3 is 3.20 bits per heavy atom. The topological polar surface area (TPSA) is 83.0 Å². The normalized spacial score (nSPS) is 10.7. The maximum absolute atomic E-state index is 11.2. The van der Waals surface area contributed by atoms with E-state index in [9.17, 15) is 4.79 Å². The first kappa shape index (κ1) is 9.99. The summed E-state index contributed by atoms with van der Waals surface area (Å²) < 4.78 is 11.0. The Morgan fingerprint density at radius 1 is 1.67 bits per heavy atom. The van der Waals surface area contributed by atoms with E-state index in [1.807, 2.05) is 0 Å². The lowest BCUT2D eigenvalue weighted by atomic mass is 10.6. The molecule has 0 amide bonds. The van der Waals surface area contributed by atoms with Gasteiger partial charge in [0.2, 0.25) is 0 Å². The molecule has 0 N–H and O–H groups in total. The lowest BCUT2D eigenvalue weighted by Gasteiger charge is -1.91. The molecule has 0 aliphatic rings. The third-order valence-electron chi connectivity index (χ3n) is 1.62. The molecule has 2 heterocycles. The van der Waals surface area contributed by atoms with E-state index >= 15 is 0 Å². The van der Waals surface area contributed by atoms with Gasteiger partial charge in [0.1, 0.15) is 18.7 Å². The molecule has 2 rings (SSSR count). The Kier molecular flexibility index (Phi) is 2.88. The van der Waals surface area contributed by atoms with Gasteiger partial charge < -0.3 is 9.26 Å². The molecule has 0 atom stereocenters. The molecular weight excluding hydrogens is 220 g/mol. The summed E-state index contributed by atoms with van der Waals surface area (Å²) in [5, 5.41) is 7.53. The van der Waals surface area contributed by atoms with Crippen LogP contribution in [0.4, 0.5) is 0 Å². The second-order valence-corrected chi connectivity index (χ2v) is 3.50. The average molecular weight is 228 g/mol. The van der Waals surface area contributed by atoms with Gasteiger partial charge in [0.25, 0.3) is 5.89 Å². The van der Waals surface area contributed by atoms with Crippen LogP contribution in [-0.2, 0) is 17.9 Å². The first-order valence-corrected chi connectivity index (χ1v) is 4.98. The van der Waals surface area contributed by atoms with Crippen LogP contribution in [0.2, 0.25) is 0 Å². The molecule has 8 heteroatoms. The predicted octanol–water partition coefficient (Wildman–Crippen LogP) is -0.117. The van der Waals surface area contributed by atoms with Crippen LogP contribution in [-0.4, -0.2) is 27.0 Å². The van der Waals surface area contributed by atoms with Gasteiger partial charge in [-0.05, 0) is 0 Å². The van der Waals surface area contributed by atoms with Gasteiger partial charge >= 0.3 is 4.87 Å². The first-order chi connectivity index (χ1) is 7.29. The van der Waals surface area contributed by atoms with Crippen molar-refractivity contribution in [1.82, 2.24) is 19.9 Å². The van der Waals surface area contributed by atoms with Crippen LogP contribution in [0.1, 0.15) is 11.7 Å². The van der Waals surface area contributed by atoms with Gasteiger partial charge in [0.15, 0.2) is 5.82 Å². The van der Waals surface area contributed by atoms with Gasteiger partial charge in [-0.15, -0.1) is 0 Å². The maximum atomic E-state index is 11.2. The van der Waals surface area contributed by atoms with E-state index < -0.39 is 0 Å². The van der Waals surface area contributed by atoms with Crippen LogP contribution < -0.4 is 4.87 Å². The molecule has 0 radical (unpaired) electrons. The van der Waals surface area contributed by atoms with Gasteiger partial charge in [-0.25, -0.2) is 4.68 Å². The van der Waals surface area contributed by atoms with Crippen molar-refractivity contribution in [3.63, 3.8) is 0 Å². The number of rotatable bonds is 4. The van der Waals surface area contributed by atoms with E-state index in [4.69, 9.17) is 9.26 Å². The minimum absolute atomic E-state index is 0.145. The summed E-state index contributed by atoms with van der Waals surface area (Å²) in [5.74, 6) is 0.797. The van der Waals surface area contributed by atoms with Gasteiger partial charge in [-0.1, -0.05) is 16.5 Å². The Balaban J connectivity index is 2.11. The summed E-state index contributed by atoms with van der Waals surface area (Å²) in [4.78, 5) is 15.0. The smallest absolute Gasteiger partial charge is 0.325 e. The number of aromatic nitrogens is 4. The van der Waals surface area contributed by atoms with E-state index in [2.05, 4.69) is 15.2 Å². The highest BCUT2D eigenvalue weighted by Gasteiger charge is 2.08. The minimum atomic E-state index is -0.145. The summed E-state index contributed by atoms with van der Waals surface area (Å²) >= 11 is 1.03. The molecule has 0 fully saturated rings. The largest absolute Gasteiger partial charge is 0.375 e. The zero-order valence-corrected chi connectivity index (χ0v) is 8.73. The van der Waals surface area contributed by atoms with Crippen molar-refractivity contribution in [2.24, 2.45) is 0 Å². The van der Waals surface area contributed by atoms with Crippen molar-refractivity contribution in [3.05, 3.63) is 26.9 Å². The maximum Gasteiger partial charge on any atom is 0.325 e. The average Bonchev–Trinajstić information content (AvgIpc) is 2.79. The lowest BCUT2D eigenvalue weighted by molar-refractivity contribution is 0.151. The Labute approximate surface area is 88.3 Å². The second-order valence-electron chi connectivity index (χ2n) is 2.70. The Morgan fingerprint density at radius 2 is 2.53 bits per heavy atom. The minimum Gasteiger partial charge on any atom is -0.375 e. The number of hydrogen-bond donors (Lipinski definition) is 0. The lowest BCUT2D eigenvalue weighted by Crippen LogP contribution is -2.16. The van der Waals surface area contributed by atoms with Gasteiger partial charge in [-0.3, -0.25) is 4.79 Å². The second kappa shape index (κ2) is 4.32. The molecule has 0 spiro atoms. The third-order valence-corrected chi connectivity index (χ3v) is 2.23. The Bertz CT molecular complexity index is 488. The van der Waals surface area contributed by atoms with E-state index in [0.717, 1.165) is 11.3 Å². The van der Waals surface area contributed by atoms with Crippen LogP contribution in [0.15, 0.2) is 14.8 Å². The van der Waals surface area contributed by atoms with Gasteiger partial charge in [-0.2, -0.15) is 10.1 Å². The molecule has 0 aromatic carbocycles. The number of ether oxygens (including phenoxy) is 1. The van der Waals surface area contributed by atoms with E-state index in [0.29, 0.717) is 11.7 Å². The monoisotopic (exact) mass is 228 g/mol. The molecule has 0 unspecified atom stereocenters. The van der Waals surface area contributed by atoms with Crippen LogP contribution >= 0.6 is 11.3 Å². The van der Waals surface area contributed by atoms with E-state index in [1.165, 1.54) is 17.3 Å². The van der Waals surface area contributed by atoms with Crippen LogP contribution in [0.25, 0.3) is 0 Å². The van der Waals surface area contributed by atoms with Crippen molar-refractivity contribution < 1.29 is 9.26 Å². The molecule has 2 aromatic rings. The number of hydrogen-bond acceptors (Lipinski definition) is 7. The molecule has 0 saturated heterocycles. The van der Waals surface area contributed by atoms with Crippen LogP contribution in [0, 0.1) is 0 Å². The van der Waals surface area contributed by atoms with Crippen molar-refractivity contribution in [2.45, 2.75) is 13.2 Å². The molecule has 7 nitrogen and oxygen atoms in total. The van der Waals surface area contributed by atoms with Crippen molar-refractivity contribution in [1.29, 1.82) is 0 Å². The summed E-state index contributed by atoms with van der Waals surface area (Å²) in [5.41, 5.74) is 1.47. The fraction of sp³-hybridized carbons (Fsp3) is 0.429. The van der Waals surface area contributed by atoms with E-state index in [-0.39, 0.29) is 18.0 Å². The fourth-order valence-corrected chi connectivity index (χ4v) is 1.49. The van der Waals surface area contributed by atoms with Crippen molar-refractivity contribution >= 4 is 11.3 Å². The summed E-state index contributed by atoms with van der Waals surface area (Å²) in [6.45, 7) is 0.481. The van der Waals surface area contributed by atoms with Crippen molar-refractivity contribution in [2.75, 3.05) is 7.11 Å². The quantitative estimate of drug-likeness (QED) is 0.725. The SMILES string of the molecule is COCc1nc(Cn2ncsc2=O)no1. The standard InChI is InChI=1S/C7H8N4O3S/c1-13-3-6-9-5(10-14-6)2-11-7(12)15-4-8-11/h4H,2-3H2,1H3. The molecule has 15 heavy (non-hydrogen) atoms. The first-order valence-electron chi connectivity index (χ1n) is 4.10. The fourth-order valence-electron chi connectivity index (χ4n) is 1.01. The summed E-state index contributed by atoms with van der Waals surface area (Å²) in [6.07, 6.45) is 0. The Hall–Kier alpha value is -1.54. The summed E-state index contributed by atoms with van der Waals surface area (Å²) in [7, 11) is 1.54. The molecule has 0 aliphatic heterocycles. The molecule has 0 bridgehead atoms. The van der Waals surface area contributed by atoms with Gasteiger partial charge in [0.05, 0.1) is 0 Å². The highest BCUT2D eigenvalue weighted by Crippen LogP contribution is 1.99. The predicted molar refractivity (Wildman–Crippen MR) is 50.5 cm³/mol. The zero-order chi connectivity index (χ0) is 10.7. The highest BCUT2D eigenvalue weighted by atomic mass is 32.1. The third kappa shape index (κ3) is 2.28. The van der Waals surface area contributed by atoms with Crippen LogP contribution in [0.5, 0.6) is 0 Å². The van der Waals surface area contributed by atoms with Crippen molar-refractivity contribution in [3.8, 4) is 0 Å². The highest BCUT2D eigenvalue weighted by molar-refractivity contribution is 7.06. The van der Waals surface area contributed by atoms with Crippen LogP contribution in [0.3, 0.4) is 0 Å². The molecule has 0 saturated carbocycles. The zero-order valence-electron chi connectivity index (χ0n) is 7.91.